The van der Waals surface area contributed by atoms with Crippen molar-refractivity contribution < 1.29 is 22.7 Å². The average Bonchev–Trinajstić information content (AvgIpc) is 2.81. The minimum Gasteiger partial charge on any atom is -0.487 e. The van der Waals surface area contributed by atoms with Crippen molar-refractivity contribution in [1.29, 1.82) is 0 Å². The Morgan fingerprint density at radius 1 is 1.29 bits per heavy atom. The summed E-state index contributed by atoms with van der Waals surface area (Å²) in [6.45, 7) is 0.128. The monoisotopic (exact) mass is 298 g/mol. The molecule has 0 aliphatic carbocycles. The minimum atomic E-state index is -4.35. The van der Waals surface area contributed by atoms with Crippen LogP contribution in [0.2, 0.25) is 0 Å². The van der Waals surface area contributed by atoms with Crippen LogP contribution in [-0.2, 0) is 13.2 Å². The van der Waals surface area contributed by atoms with Crippen molar-refractivity contribution in [3.8, 4) is 5.75 Å². The van der Waals surface area contributed by atoms with Crippen LogP contribution in [0.25, 0.3) is 0 Å². The van der Waals surface area contributed by atoms with Gasteiger partial charge in [0.05, 0.1) is 11.3 Å². The highest BCUT2D eigenvalue weighted by Crippen LogP contribution is 2.21. The molecule has 4 nitrogen and oxygen atoms in total. The summed E-state index contributed by atoms with van der Waals surface area (Å²) in [6.07, 6.45) is -3.07. The number of halogens is 3. The summed E-state index contributed by atoms with van der Waals surface area (Å²) >= 11 is 0. The normalized spacial score (nSPS) is 11.4. The number of rotatable bonds is 5. The average molecular weight is 298 g/mol. The second-order valence-corrected chi connectivity index (χ2v) is 4.44. The molecule has 1 aromatic carbocycles. The Balaban J connectivity index is 2.11. The molecule has 7 heteroatoms. The van der Waals surface area contributed by atoms with E-state index in [4.69, 9.17) is 4.74 Å². The summed E-state index contributed by atoms with van der Waals surface area (Å²) in [5.41, 5.74) is 0.671. The molecule has 21 heavy (non-hydrogen) atoms. The van der Waals surface area contributed by atoms with Gasteiger partial charge in [-0.2, -0.15) is 18.3 Å². The number of hydrogen-bond donors (Lipinski definition) is 0. The Kier molecular flexibility index (Phi) is 4.30. The summed E-state index contributed by atoms with van der Waals surface area (Å²) in [7, 11) is 0. The molecule has 1 heterocycles. The highest BCUT2D eigenvalue weighted by molar-refractivity contribution is 5.96. The van der Waals surface area contributed by atoms with Gasteiger partial charge >= 0.3 is 6.18 Å². The maximum absolute atomic E-state index is 12.4. The Bertz CT molecular complexity index is 635. The van der Waals surface area contributed by atoms with Crippen molar-refractivity contribution in [2.45, 2.75) is 26.3 Å². The third-order valence-corrected chi connectivity index (χ3v) is 2.78. The second-order valence-electron chi connectivity index (χ2n) is 4.44. The van der Waals surface area contributed by atoms with Crippen molar-refractivity contribution in [3.05, 3.63) is 47.8 Å². The van der Waals surface area contributed by atoms with E-state index in [1.165, 1.54) is 19.2 Å². The smallest absolute Gasteiger partial charge is 0.408 e. The summed E-state index contributed by atoms with van der Waals surface area (Å²) in [5, 5.41) is 3.62. The van der Waals surface area contributed by atoms with Gasteiger partial charge < -0.3 is 4.74 Å². The first-order chi connectivity index (χ1) is 9.87. The van der Waals surface area contributed by atoms with E-state index in [0.717, 1.165) is 4.68 Å². The number of ether oxygens (including phenoxy) is 1. The lowest BCUT2D eigenvalue weighted by molar-refractivity contribution is -0.143. The van der Waals surface area contributed by atoms with Gasteiger partial charge in [-0.3, -0.25) is 9.48 Å². The van der Waals surface area contributed by atoms with Crippen LogP contribution in [0.3, 0.4) is 0 Å². The third-order valence-electron chi connectivity index (χ3n) is 2.78. The van der Waals surface area contributed by atoms with Crippen LogP contribution in [-0.4, -0.2) is 21.7 Å². The lowest BCUT2D eigenvalue weighted by Crippen LogP contribution is -2.21. The van der Waals surface area contributed by atoms with Crippen LogP contribution < -0.4 is 4.74 Å². The van der Waals surface area contributed by atoms with Crippen LogP contribution in [0.1, 0.15) is 23.0 Å². The third kappa shape index (κ3) is 4.08. The fraction of sp³-hybridized carbons (Fsp3) is 0.286. The molecule has 2 rings (SSSR count). The SMILES string of the molecule is CC(=O)c1ccccc1OCc1ccnn1CC(F)(F)F. The van der Waals surface area contributed by atoms with Crippen molar-refractivity contribution in [2.24, 2.45) is 0 Å². The van der Waals surface area contributed by atoms with Gasteiger partial charge in [0.1, 0.15) is 18.9 Å². The lowest BCUT2D eigenvalue weighted by Gasteiger charge is -2.12. The van der Waals surface area contributed by atoms with E-state index in [-0.39, 0.29) is 18.1 Å². The van der Waals surface area contributed by atoms with Gasteiger partial charge in [0.25, 0.3) is 0 Å². The standard InChI is InChI=1S/C14H13F3N2O2/c1-10(20)12-4-2-3-5-13(12)21-8-11-6-7-18-19(11)9-14(15,16)17/h2-7H,8-9H2,1H3. The van der Waals surface area contributed by atoms with Gasteiger partial charge in [-0.1, -0.05) is 12.1 Å². The van der Waals surface area contributed by atoms with Gasteiger partial charge in [-0.15, -0.1) is 0 Å². The van der Waals surface area contributed by atoms with Crippen molar-refractivity contribution in [2.75, 3.05) is 0 Å². The molecule has 112 valence electrons. The molecule has 1 aromatic heterocycles. The number of carbonyl (C=O) groups excluding carboxylic acids is 1. The van der Waals surface area contributed by atoms with E-state index < -0.39 is 12.7 Å². The number of hydrogen-bond acceptors (Lipinski definition) is 3. The fourth-order valence-electron chi connectivity index (χ4n) is 1.83. The van der Waals surface area contributed by atoms with E-state index >= 15 is 0 Å². The number of carbonyl (C=O) groups is 1. The Morgan fingerprint density at radius 3 is 2.67 bits per heavy atom. The number of alkyl halides is 3. The Morgan fingerprint density at radius 2 is 2.00 bits per heavy atom. The van der Waals surface area contributed by atoms with Gasteiger partial charge in [-0.25, -0.2) is 0 Å². The van der Waals surface area contributed by atoms with Crippen LogP contribution in [0.5, 0.6) is 5.75 Å². The van der Waals surface area contributed by atoms with Crippen LogP contribution in [0.4, 0.5) is 13.2 Å². The number of aromatic nitrogens is 2. The van der Waals surface area contributed by atoms with Gasteiger partial charge in [0.15, 0.2) is 5.78 Å². The van der Waals surface area contributed by atoms with E-state index in [2.05, 4.69) is 5.10 Å². The maximum Gasteiger partial charge on any atom is 0.408 e. The molecular weight excluding hydrogens is 285 g/mol. The van der Waals surface area contributed by atoms with Gasteiger partial charge in [0, 0.05) is 6.20 Å². The number of ketones is 1. The van der Waals surface area contributed by atoms with Crippen LogP contribution in [0.15, 0.2) is 36.5 Å². The molecule has 0 bridgehead atoms. The van der Waals surface area contributed by atoms with E-state index in [0.29, 0.717) is 11.3 Å². The first kappa shape index (κ1) is 15.1. The molecule has 0 aliphatic rings. The Hall–Kier alpha value is -2.31. The zero-order valence-corrected chi connectivity index (χ0v) is 11.2. The maximum atomic E-state index is 12.4. The predicted molar refractivity (Wildman–Crippen MR) is 69.1 cm³/mol. The zero-order chi connectivity index (χ0) is 15.5. The molecule has 0 radical (unpaired) electrons. The second kappa shape index (κ2) is 5.99. The van der Waals surface area contributed by atoms with Crippen molar-refractivity contribution >= 4 is 5.78 Å². The molecule has 0 saturated heterocycles. The van der Waals surface area contributed by atoms with Crippen LogP contribution >= 0.6 is 0 Å². The van der Waals surface area contributed by atoms with Crippen LogP contribution in [0, 0.1) is 0 Å². The van der Waals surface area contributed by atoms with Crippen molar-refractivity contribution in [1.82, 2.24) is 9.78 Å². The molecular formula is C14H13F3N2O2. The number of Topliss-reactive ketones (excluding diaryl/α,β-unsaturated/α-hetero) is 1. The lowest BCUT2D eigenvalue weighted by atomic mass is 10.1. The highest BCUT2D eigenvalue weighted by Gasteiger charge is 2.29. The van der Waals surface area contributed by atoms with E-state index in [1.807, 2.05) is 0 Å². The molecule has 2 aromatic rings. The molecule has 0 saturated carbocycles. The molecule has 0 fully saturated rings. The van der Waals surface area contributed by atoms with Gasteiger partial charge in [-0.05, 0) is 25.1 Å². The molecule has 0 N–H and O–H groups in total. The molecule has 0 amide bonds. The number of nitrogens with zero attached hydrogens (tertiary/aromatic N) is 2. The van der Waals surface area contributed by atoms with Crippen molar-refractivity contribution in [3.63, 3.8) is 0 Å². The summed E-state index contributed by atoms with van der Waals surface area (Å²) < 4.78 is 43.4. The molecule has 0 spiro atoms. The summed E-state index contributed by atoms with van der Waals surface area (Å²) in [5.74, 6) is 0.166. The first-order valence-corrected chi connectivity index (χ1v) is 6.17. The Labute approximate surface area is 119 Å². The van der Waals surface area contributed by atoms with E-state index in [1.54, 1.807) is 24.3 Å². The largest absolute Gasteiger partial charge is 0.487 e. The number of benzene rings is 1. The molecule has 0 unspecified atom stereocenters. The topological polar surface area (TPSA) is 44.1 Å². The van der Waals surface area contributed by atoms with Gasteiger partial charge in [0.2, 0.25) is 0 Å². The predicted octanol–water partition coefficient (Wildman–Crippen LogP) is 3.23. The minimum absolute atomic E-state index is 0.0969. The number of para-hydroxylation sites is 1. The quantitative estimate of drug-likeness (QED) is 0.796. The first-order valence-electron chi connectivity index (χ1n) is 6.17. The molecule has 0 aliphatic heterocycles. The zero-order valence-electron chi connectivity index (χ0n) is 11.2. The summed E-state index contributed by atoms with van der Waals surface area (Å²) in [6, 6.07) is 8.03. The summed E-state index contributed by atoms with van der Waals surface area (Å²) in [4.78, 5) is 11.4. The highest BCUT2D eigenvalue weighted by atomic mass is 19.4. The van der Waals surface area contributed by atoms with E-state index in [9.17, 15) is 18.0 Å². The molecule has 0 atom stereocenters. The fourth-order valence-corrected chi connectivity index (χ4v) is 1.83.